The van der Waals surface area contributed by atoms with Crippen LogP contribution in [0.5, 0.6) is 0 Å². The number of esters is 1. The van der Waals surface area contributed by atoms with Crippen LogP contribution in [0, 0.1) is 5.41 Å². The van der Waals surface area contributed by atoms with Gasteiger partial charge in [0.05, 0.1) is 19.3 Å². The molecule has 0 aliphatic heterocycles. The summed E-state index contributed by atoms with van der Waals surface area (Å²) in [4.78, 5) is 17.2. The molecule has 92 valence electrons. The molecule has 6 heteroatoms. The first-order valence-corrected chi connectivity index (χ1v) is 5.06. The van der Waals surface area contributed by atoms with Crippen molar-refractivity contribution in [2.45, 2.75) is 0 Å². The molecule has 1 aromatic rings. The number of hydrogen-bond donors (Lipinski definition) is 2. The molecule has 17 heavy (non-hydrogen) atoms. The minimum Gasteiger partial charge on any atom is -0.465 e. The van der Waals surface area contributed by atoms with Gasteiger partial charge in [-0.2, -0.15) is 0 Å². The number of methoxy groups -OCH3 is 1. The van der Waals surface area contributed by atoms with Crippen molar-refractivity contribution < 1.29 is 9.53 Å². The van der Waals surface area contributed by atoms with E-state index < -0.39 is 5.97 Å². The summed E-state index contributed by atoms with van der Waals surface area (Å²) in [6.45, 7) is 0.461. The maximum atomic E-state index is 11.5. The van der Waals surface area contributed by atoms with Crippen molar-refractivity contribution >= 4 is 17.5 Å². The molecule has 0 saturated heterocycles. The average molecular weight is 236 g/mol. The van der Waals surface area contributed by atoms with E-state index in [-0.39, 0.29) is 0 Å². The molecule has 0 atom stereocenters. The molecule has 0 aliphatic rings. The summed E-state index contributed by atoms with van der Waals surface area (Å²) in [5.41, 5.74) is 0.845. The van der Waals surface area contributed by atoms with E-state index in [0.717, 1.165) is 0 Å². The summed E-state index contributed by atoms with van der Waals surface area (Å²) in [5, 5.41) is 10.6. The fourth-order valence-electron chi connectivity index (χ4n) is 1.29. The molecule has 1 aromatic heterocycles. The molecular weight excluding hydrogens is 220 g/mol. The second-order valence-electron chi connectivity index (χ2n) is 3.75. The van der Waals surface area contributed by atoms with Crippen LogP contribution in [0.4, 0.5) is 5.69 Å². The number of hydrogen-bond acceptors (Lipinski definition) is 5. The third-order valence-corrected chi connectivity index (χ3v) is 1.99. The highest BCUT2D eigenvalue weighted by atomic mass is 16.5. The zero-order chi connectivity index (χ0) is 12.8. The van der Waals surface area contributed by atoms with Crippen molar-refractivity contribution in [2.75, 3.05) is 33.1 Å². The number of anilines is 1. The number of amidine groups is 1. The summed E-state index contributed by atoms with van der Waals surface area (Å²) >= 11 is 0. The molecule has 0 radical (unpaired) electrons. The molecule has 0 amide bonds. The molecule has 0 unspecified atom stereocenters. The van der Waals surface area contributed by atoms with Gasteiger partial charge in [-0.1, -0.05) is 0 Å². The molecule has 0 bridgehead atoms. The summed E-state index contributed by atoms with van der Waals surface area (Å²) in [6, 6.07) is 1.64. The quantitative estimate of drug-likeness (QED) is 0.459. The zero-order valence-electron chi connectivity index (χ0n) is 10.2. The minimum absolute atomic E-state index is 0.298. The molecule has 2 N–H and O–H groups in total. The maximum absolute atomic E-state index is 11.5. The topological polar surface area (TPSA) is 78.3 Å². The largest absolute Gasteiger partial charge is 0.465 e. The lowest BCUT2D eigenvalue weighted by Gasteiger charge is -2.14. The van der Waals surface area contributed by atoms with Crippen molar-refractivity contribution in [2.24, 2.45) is 0 Å². The molecule has 0 fully saturated rings. The van der Waals surface area contributed by atoms with Gasteiger partial charge in [0, 0.05) is 12.4 Å². The highest BCUT2D eigenvalue weighted by molar-refractivity contribution is 6.02. The Morgan fingerprint density at radius 3 is 2.88 bits per heavy atom. The van der Waals surface area contributed by atoms with Crippen molar-refractivity contribution in [1.29, 1.82) is 5.41 Å². The molecule has 6 nitrogen and oxygen atoms in total. The molecule has 0 aromatic carbocycles. The first-order chi connectivity index (χ1) is 8.04. The number of likely N-dealkylation sites (N-methyl/N-ethyl adjacent to an activating group) is 1. The Bertz CT molecular complexity index is 418. The van der Waals surface area contributed by atoms with Gasteiger partial charge >= 0.3 is 5.97 Å². The molecule has 0 aliphatic carbocycles. The summed E-state index contributed by atoms with van der Waals surface area (Å²) in [5.74, 6) is -0.176. The Kier molecular flexibility index (Phi) is 4.59. The number of rotatable bonds is 4. The number of pyridine rings is 1. The van der Waals surface area contributed by atoms with Gasteiger partial charge in [-0.15, -0.1) is 0 Å². The predicted octanol–water partition coefficient (Wildman–Crippen LogP) is 0.819. The third kappa shape index (κ3) is 3.84. The van der Waals surface area contributed by atoms with E-state index in [2.05, 4.69) is 15.0 Å². The maximum Gasteiger partial charge on any atom is 0.341 e. The molecule has 0 spiro atoms. The normalized spacial score (nSPS) is 10.1. The highest BCUT2D eigenvalue weighted by Crippen LogP contribution is 2.14. The van der Waals surface area contributed by atoms with Crippen LogP contribution in [0.2, 0.25) is 0 Å². The van der Waals surface area contributed by atoms with Crippen LogP contribution in [-0.4, -0.2) is 49.4 Å². The molecule has 1 rings (SSSR count). The molecule has 0 saturated carbocycles. The number of carbonyl (C=O) groups excluding carboxylic acids is 1. The van der Waals surface area contributed by atoms with E-state index in [9.17, 15) is 4.79 Å². The number of ether oxygens (including phenoxy) is 1. The van der Waals surface area contributed by atoms with Crippen LogP contribution in [0.15, 0.2) is 18.5 Å². The van der Waals surface area contributed by atoms with Crippen LogP contribution < -0.4 is 5.32 Å². The van der Waals surface area contributed by atoms with Gasteiger partial charge in [0.25, 0.3) is 0 Å². The number of carbonyl (C=O) groups is 1. The Hall–Kier alpha value is -1.95. The van der Waals surface area contributed by atoms with E-state index in [1.165, 1.54) is 13.3 Å². The Morgan fingerprint density at radius 2 is 2.29 bits per heavy atom. The minimum atomic E-state index is -0.474. The standard InChI is InChI=1S/C11H16N4O2/c1-15(2)7-10(12)14-9-4-5-13-6-8(9)11(16)17-3/h4-6H,7H2,1-3H3,(H2,12,13,14). The Labute approximate surface area is 100 Å². The van der Waals surface area contributed by atoms with Gasteiger partial charge in [0.1, 0.15) is 11.4 Å². The van der Waals surface area contributed by atoms with Crippen molar-refractivity contribution in [3.05, 3.63) is 24.0 Å². The fourth-order valence-corrected chi connectivity index (χ4v) is 1.29. The van der Waals surface area contributed by atoms with Gasteiger partial charge in [-0.3, -0.25) is 10.4 Å². The second-order valence-corrected chi connectivity index (χ2v) is 3.75. The van der Waals surface area contributed by atoms with Gasteiger partial charge in [0.2, 0.25) is 0 Å². The number of nitrogens with zero attached hydrogens (tertiary/aromatic N) is 2. The molecular formula is C11H16N4O2. The van der Waals surface area contributed by atoms with E-state index >= 15 is 0 Å². The van der Waals surface area contributed by atoms with Crippen LogP contribution in [0.25, 0.3) is 0 Å². The molecule has 1 heterocycles. The highest BCUT2D eigenvalue weighted by Gasteiger charge is 2.12. The fraction of sp³-hybridized carbons (Fsp3) is 0.364. The first-order valence-electron chi connectivity index (χ1n) is 5.06. The van der Waals surface area contributed by atoms with Gasteiger partial charge in [0.15, 0.2) is 0 Å². The number of aromatic nitrogens is 1. The summed E-state index contributed by atoms with van der Waals surface area (Å²) in [7, 11) is 5.04. The predicted molar refractivity (Wildman–Crippen MR) is 65.5 cm³/mol. The van der Waals surface area contributed by atoms with E-state index in [1.807, 2.05) is 19.0 Å². The first kappa shape index (κ1) is 13.1. The van der Waals surface area contributed by atoms with Crippen LogP contribution in [0.3, 0.4) is 0 Å². The average Bonchev–Trinajstić information content (AvgIpc) is 2.27. The second kappa shape index (κ2) is 5.95. The lowest BCUT2D eigenvalue weighted by atomic mass is 10.2. The van der Waals surface area contributed by atoms with Crippen molar-refractivity contribution in [1.82, 2.24) is 9.88 Å². The van der Waals surface area contributed by atoms with Crippen molar-refractivity contribution in [3.8, 4) is 0 Å². The van der Waals surface area contributed by atoms with E-state index in [4.69, 9.17) is 5.41 Å². The smallest absolute Gasteiger partial charge is 0.341 e. The van der Waals surface area contributed by atoms with Gasteiger partial charge in [-0.25, -0.2) is 4.79 Å². The van der Waals surface area contributed by atoms with Crippen LogP contribution in [-0.2, 0) is 4.74 Å². The monoisotopic (exact) mass is 236 g/mol. The SMILES string of the molecule is COC(=O)c1cnccc1NC(=N)CN(C)C. The Balaban J connectivity index is 2.83. The van der Waals surface area contributed by atoms with Gasteiger partial charge < -0.3 is 15.0 Å². The summed E-state index contributed by atoms with van der Waals surface area (Å²) in [6.07, 6.45) is 2.97. The lowest BCUT2D eigenvalue weighted by molar-refractivity contribution is 0.0601. The Morgan fingerprint density at radius 1 is 1.59 bits per heavy atom. The van der Waals surface area contributed by atoms with E-state index in [0.29, 0.717) is 23.6 Å². The zero-order valence-corrected chi connectivity index (χ0v) is 10.2. The number of nitrogens with one attached hydrogen (secondary N) is 2. The van der Waals surface area contributed by atoms with Crippen LogP contribution in [0.1, 0.15) is 10.4 Å². The van der Waals surface area contributed by atoms with Gasteiger partial charge in [-0.05, 0) is 20.2 Å². The third-order valence-electron chi connectivity index (χ3n) is 1.99. The van der Waals surface area contributed by atoms with Crippen LogP contribution >= 0.6 is 0 Å². The van der Waals surface area contributed by atoms with E-state index in [1.54, 1.807) is 12.3 Å². The van der Waals surface area contributed by atoms with Crippen molar-refractivity contribution in [3.63, 3.8) is 0 Å². The summed E-state index contributed by atoms with van der Waals surface area (Å²) < 4.78 is 4.64. The lowest BCUT2D eigenvalue weighted by Crippen LogP contribution is -2.27.